The molecule has 0 spiro atoms. The summed E-state index contributed by atoms with van der Waals surface area (Å²) in [6, 6.07) is 21.1. The summed E-state index contributed by atoms with van der Waals surface area (Å²) in [4.78, 5) is 10.3. The predicted octanol–water partition coefficient (Wildman–Crippen LogP) is 3.15. The van der Waals surface area contributed by atoms with E-state index in [1.54, 1.807) is 0 Å². The molecule has 0 heterocycles. The first-order valence-corrected chi connectivity index (χ1v) is 10.4. The van der Waals surface area contributed by atoms with E-state index in [1.165, 1.54) is 10.4 Å². The third kappa shape index (κ3) is 4.39. The molecule has 0 aliphatic rings. The van der Waals surface area contributed by atoms with Crippen LogP contribution in [0.2, 0.25) is 6.55 Å². The molecule has 0 bridgehead atoms. The highest BCUT2D eigenvalue weighted by molar-refractivity contribution is 6.96. The molecule has 2 aromatic rings. The van der Waals surface area contributed by atoms with Crippen molar-refractivity contribution in [1.29, 1.82) is 0 Å². The van der Waals surface area contributed by atoms with Crippen molar-refractivity contribution in [2.75, 3.05) is 6.61 Å². The van der Waals surface area contributed by atoms with Gasteiger partial charge in [0.05, 0.1) is 0 Å². The molecule has 22 heavy (non-hydrogen) atoms. The van der Waals surface area contributed by atoms with Crippen LogP contribution in [0, 0.1) is 0 Å². The van der Waals surface area contributed by atoms with Crippen molar-refractivity contribution in [3.8, 4) is 0 Å². The summed E-state index contributed by atoms with van der Waals surface area (Å²) < 4.78 is 6.43. The minimum Gasteiger partial charge on any atom is -0.408 e. The van der Waals surface area contributed by atoms with E-state index >= 15 is 0 Å². The summed E-state index contributed by atoms with van der Waals surface area (Å²) in [5.74, 6) is 0. The molecular weight excluding hydrogens is 288 g/mol. The van der Waals surface area contributed by atoms with Crippen molar-refractivity contribution in [3.63, 3.8) is 0 Å². The Labute approximate surface area is 134 Å². The molecule has 0 radical (unpaired) electrons. The van der Waals surface area contributed by atoms with Crippen LogP contribution in [0.4, 0.5) is 0 Å². The summed E-state index contributed by atoms with van der Waals surface area (Å²) in [6.07, 6.45) is 4.67. The van der Waals surface area contributed by atoms with E-state index in [4.69, 9.17) is 4.43 Å². The molecule has 0 atom stereocenters. The zero-order chi connectivity index (χ0) is 15.7. The van der Waals surface area contributed by atoms with Crippen molar-refractivity contribution in [3.05, 3.63) is 60.7 Å². The van der Waals surface area contributed by atoms with Crippen molar-refractivity contribution < 1.29 is 9.22 Å². The van der Waals surface area contributed by atoms with Gasteiger partial charge in [-0.15, -0.1) is 0 Å². The van der Waals surface area contributed by atoms with Gasteiger partial charge in [0, 0.05) is 13.0 Å². The molecule has 0 N–H and O–H groups in total. The number of carbonyl (C=O) groups is 1. The summed E-state index contributed by atoms with van der Waals surface area (Å²) in [7, 11) is -2.14. The Kier molecular flexibility index (Phi) is 6.56. The highest BCUT2D eigenvalue weighted by atomic mass is 28.4. The van der Waals surface area contributed by atoms with E-state index < -0.39 is 8.32 Å². The number of benzene rings is 2. The smallest absolute Gasteiger partial charge is 0.252 e. The number of unbranched alkanes of at least 4 members (excludes halogenated alkanes) is 3. The number of carbonyl (C=O) groups excluding carboxylic acids is 1. The second kappa shape index (κ2) is 8.66. The lowest BCUT2D eigenvalue weighted by molar-refractivity contribution is -0.107. The van der Waals surface area contributed by atoms with E-state index in [0.29, 0.717) is 6.42 Å². The number of rotatable bonds is 9. The van der Waals surface area contributed by atoms with Gasteiger partial charge in [-0.2, -0.15) is 0 Å². The Morgan fingerprint density at radius 1 is 0.864 bits per heavy atom. The van der Waals surface area contributed by atoms with Crippen LogP contribution in [0.15, 0.2) is 60.7 Å². The Morgan fingerprint density at radius 2 is 1.41 bits per heavy atom. The molecule has 2 nitrogen and oxygen atoms in total. The van der Waals surface area contributed by atoms with Gasteiger partial charge in [-0.1, -0.05) is 67.1 Å². The van der Waals surface area contributed by atoms with Gasteiger partial charge in [0.2, 0.25) is 0 Å². The van der Waals surface area contributed by atoms with Crippen LogP contribution < -0.4 is 10.4 Å². The van der Waals surface area contributed by atoms with Crippen molar-refractivity contribution in [1.82, 2.24) is 0 Å². The lowest BCUT2D eigenvalue weighted by Crippen LogP contribution is -2.58. The van der Waals surface area contributed by atoms with Gasteiger partial charge >= 0.3 is 0 Å². The van der Waals surface area contributed by atoms with E-state index in [9.17, 15) is 4.79 Å². The Balaban J connectivity index is 2.08. The summed E-state index contributed by atoms with van der Waals surface area (Å²) in [5, 5.41) is 2.60. The maximum Gasteiger partial charge on any atom is 0.252 e. The van der Waals surface area contributed by atoms with Crippen LogP contribution >= 0.6 is 0 Å². The highest BCUT2D eigenvalue weighted by Crippen LogP contribution is 2.09. The fourth-order valence-electron chi connectivity index (χ4n) is 2.63. The Bertz CT molecular complexity index is 515. The maximum atomic E-state index is 10.3. The largest absolute Gasteiger partial charge is 0.408 e. The zero-order valence-corrected chi connectivity index (χ0v) is 14.2. The van der Waals surface area contributed by atoms with E-state index in [2.05, 4.69) is 55.1 Å². The highest BCUT2D eigenvalue weighted by Gasteiger charge is 2.33. The predicted molar refractivity (Wildman–Crippen MR) is 94.3 cm³/mol. The first kappa shape index (κ1) is 16.7. The molecule has 116 valence electrons. The molecule has 0 amide bonds. The molecule has 0 aliphatic heterocycles. The standard InChI is InChI=1S/C19H24O2Si/c1-22(18-12-6-4-7-13-18,19-14-8-5-9-15-19)21-17-11-3-2-10-16-20/h4-9,12-16H,2-3,10-11,17H2,1H3. The Hall–Kier alpha value is -1.71. The van der Waals surface area contributed by atoms with Gasteiger partial charge in [0.25, 0.3) is 8.32 Å². The van der Waals surface area contributed by atoms with Crippen LogP contribution in [-0.2, 0) is 9.22 Å². The van der Waals surface area contributed by atoms with Crippen molar-refractivity contribution in [2.45, 2.75) is 32.2 Å². The minimum absolute atomic E-state index is 0.659. The first-order chi connectivity index (χ1) is 10.8. The molecule has 0 fully saturated rings. The molecular formula is C19H24O2Si. The second-order valence-electron chi connectivity index (χ2n) is 5.63. The minimum atomic E-state index is -2.14. The summed E-state index contributed by atoms with van der Waals surface area (Å²) in [5.41, 5.74) is 0. The average Bonchev–Trinajstić information content (AvgIpc) is 2.59. The van der Waals surface area contributed by atoms with E-state index in [0.717, 1.165) is 32.2 Å². The zero-order valence-electron chi connectivity index (χ0n) is 13.2. The number of hydrogen-bond donors (Lipinski definition) is 0. The number of aldehydes is 1. The number of hydrogen-bond acceptors (Lipinski definition) is 2. The van der Waals surface area contributed by atoms with Gasteiger partial charge in [-0.3, -0.25) is 0 Å². The van der Waals surface area contributed by atoms with Gasteiger partial charge in [-0.25, -0.2) is 0 Å². The van der Waals surface area contributed by atoms with Gasteiger partial charge in [0.15, 0.2) is 0 Å². The van der Waals surface area contributed by atoms with E-state index in [1.807, 2.05) is 12.1 Å². The van der Waals surface area contributed by atoms with Crippen LogP contribution in [0.5, 0.6) is 0 Å². The van der Waals surface area contributed by atoms with Crippen LogP contribution in [0.25, 0.3) is 0 Å². The monoisotopic (exact) mass is 312 g/mol. The lowest BCUT2D eigenvalue weighted by Gasteiger charge is -2.28. The van der Waals surface area contributed by atoms with Crippen LogP contribution in [0.3, 0.4) is 0 Å². The second-order valence-corrected chi connectivity index (χ2v) is 9.14. The molecule has 0 aliphatic carbocycles. The fourth-order valence-corrected chi connectivity index (χ4v) is 5.50. The van der Waals surface area contributed by atoms with Crippen LogP contribution in [-0.4, -0.2) is 21.2 Å². The third-order valence-electron chi connectivity index (χ3n) is 4.01. The molecule has 0 unspecified atom stereocenters. The molecule has 0 saturated carbocycles. The van der Waals surface area contributed by atoms with Gasteiger partial charge < -0.3 is 9.22 Å². The van der Waals surface area contributed by atoms with Crippen LogP contribution in [0.1, 0.15) is 25.7 Å². The molecule has 0 saturated heterocycles. The SMILES string of the molecule is C[Si](OCCCCCC=O)(c1ccccc1)c1ccccc1. The quantitative estimate of drug-likeness (QED) is 0.404. The van der Waals surface area contributed by atoms with Gasteiger partial charge in [0.1, 0.15) is 6.29 Å². The van der Waals surface area contributed by atoms with Gasteiger partial charge in [-0.05, 0) is 29.8 Å². The molecule has 2 aromatic carbocycles. The summed E-state index contributed by atoms with van der Waals surface area (Å²) >= 11 is 0. The van der Waals surface area contributed by atoms with Crippen molar-refractivity contribution in [2.24, 2.45) is 0 Å². The normalized spacial score (nSPS) is 11.3. The molecule has 2 rings (SSSR count). The lowest BCUT2D eigenvalue weighted by atomic mass is 10.2. The first-order valence-electron chi connectivity index (χ1n) is 7.96. The molecule has 0 aromatic heterocycles. The topological polar surface area (TPSA) is 26.3 Å². The third-order valence-corrected chi connectivity index (χ3v) is 7.66. The average molecular weight is 312 g/mol. The molecule has 3 heteroatoms. The summed E-state index contributed by atoms with van der Waals surface area (Å²) in [6.45, 7) is 3.02. The van der Waals surface area contributed by atoms with E-state index in [-0.39, 0.29) is 0 Å². The van der Waals surface area contributed by atoms with Crippen molar-refractivity contribution >= 4 is 25.0 Å². The fraction of sp³-hybridized carbons (Fsp3) is 0.316. The maximum absolute atomic E-state index is 10.3. The Morgan fingerprint density at radius 3 is 1.91 bits per heavy atom.